The van der Waals surface area contributed by atoms with Crippen LogP contribution >= 0.6 is 0 Å². The average Bonchev–Trinajstić information content (AvgIpc) is 3.41. The van der Waals surface area contributed by atoms with Gasteiger partial charge in [-0.2, -0.15) is 5.10 Å². The van der Waals surface area contributed by atoms with Crippen molar-refractivity contribution in [3.05, 3.63) is 89.1 Å². The van der Waals surface area contributed by atoms with E-state index in [1.165, 1.54) is 10.5 Å². The van der Waals surface area contributed by atoms with Gasteiger partial charge in [0.1, 0.15) is 12.1 Å². The second-order valence-corrected chi connectivity index (χ2v) is 7.51. The molecule has 0 fully saturated rings. The second kappa shape index (κ2) is 8.66. The molecule has 3 aromatic heterocycles. The lowest BCUT2D eigenvalue weighted by Gasteiger charge is -2.07. The Balaban J connectivity index is 1.41. The number of esters is 1. The minimum absolute atomic E-state index is 0.253. The molecule has 0 aliphatic carbocycles. The van der Waals surface area contributed by atoms with Gasteiger partial charge in [0.15, 0.2) is 5.65 Å². The van der Waals surface area contributed by atoms with Crippen LogP contribution in [0.5, 0.6) is 0 Å². The predicted molar refractivity (Wildman–Crippen MR) is 125 cm³/mol. The molecule has 0 aliphatic rings. The normalized spacial score (nSPS) is 11.1. The smallest absolute Gasteiger partial charge is 0.350 e. The first-order valence-electron chi connectivity index (χ1n) is 10.6. The first kappa shape index (κ1) is 21.1. The third-order valence-corrected chi connectivity index (χ3v) is 5.21. The maximum Gasteiger partial charge on any atom is 0.350 e. The predicted octanol–water partition coefficient (Wildman–Crippen LogP) is 2.63. The molecule has 0 saturated heterocycles. The molecule has 0 bridgehead atoms. The monoisotopic (exact) mass is 456 g/mol. The molecule has 0 saturated carbocycles. The molecule has 0 radical (unpaired) electrons. The van der Waals surface area contributed by atoms with Crippen LogP contribution in [0.25, 0.3) is 22.4 Å². The topological polar surface area (TPSA) is 112 Å². The highest BCUT2D eigenvalue weighted by Crippen LogP contribution is 2.21. The fourth-order valence-electron chi connectivity index (χ4n) is 3.66. The van der Waals surface area contributed by atoms with Crippen LogP contribution in [0.15, 0.2) is 77.9 Å². The Kier molecular flexibility index (Phi) is 5.38. The molecule has 0 spiro atoms. The standard InChI is InChI=1S/C24H20N6O4/c1-2-34-23(32)17-9-6-10-18(13-17)25-21(31)15-30-24(33)28-11-12-29-20(22(28)27-30)14-19(26-29)16-7-4-3-5-8-16/h3-14H,2,15H2,1H3,(H,25,31). The van der Waals surface area contributed by atoms with Gasteiger partial charge in [-0.15, -0.1) is 5.10 Å². The number of ether oxygens (including phenoxy) is 1. The van der Waals surface area contributed by atoms with Crippen LogP contribution in [-0.2, 0) is 16.1 Å². The van der Waals surface area contributed by atoms with E-state index in [1.807, 2.05) is 36.4 Å². The van der Waals surface area contributed by atoms with Crippen LogP contribution < -0.4 is 11.0 Å². The molecule has 0 aliphatic heterocycles. The van der Waals surface area contributed by atoms with Crippen LogP contribution in [0, 0.1) is 0 Å². The second-order valence-electron chi connectivity index (χ2n) is 7.51. The number of rotatable bonds is 6. The van der Waals surface area contributed by atoms with Crippen molar-refractivity contribution in [3.63, 3.8) is 0 Å². The maximum absolute atomic E-state index is 12.8. The molecule has 34 heavy (non-hydrogen) atoms. The van der Waals surface area contributed by atoms with E-state index in [4.69, 9.17) is 4.74 Å². The fourth-order valence-corrected chi connectivity index (χ4v) is 3.66. The van der Waals surface area contributed by atoms with E-state index in [1.54, 1.807) is 42.0 Å². The highest BCUT2D eigenvalue weighted by Gasteiger charge is 2.16. The van der Waals surface area contributed by atoms with Gasteiger partial charge < -0.3 is 10.1 Å². The van der Waals surface area contributed by atoms with Crippen molar-refractivity contribution in [2.75, 3.05) is 11.9 Å². The number of nitrogens with zero attached hydrogens (tertiary/aromatic N) is 5. The van der Waals surface area contributed by atoms with Gasteiger partial charge in [-0.05, 0) is 31.2 Å². The van der Waals surface area contributed by atoms with E-state index in [0.717, 1.165) is 15.9 Å². The summed E-state index contributed by atoms with van der Waals surface area (Å²) in [6, 6.07) is 17.9. The first-order valence-corrected chi connectivity index (χ1v) is 10.6. The maximum atomic E-state index is 12.8. The van der Waals surface area contributed by atoms with Crippen molar-refractivity contribution in [2.24, 2.45) is 0 Å². The number of fused-ring (bicyclic) bond motifs is 3. The molecule has 1 N–H and O–H groups in total. The van der Waals surface area contributed by atoms with Gasteiger partial charge >= 0.3 is 11.7 Å². The molecular weight excluding hydrogens is 436 g/mol. The molecule has 3 heterocycles. The first-order chi connectivity index (χ1) is 16.5. The lowest BCUT2D eigenvalue weighted by molar-refractivity contribution is -0.117. The summed E-state index contributed by atoms with van der Waals surface area (Å²) < 4.78 is 9.10. The van der Waals surface area contributed by atoms with Gasteiger partial charge in [-0.1, -0.05) is 36.4 Å². The Morgan fingerprint density at radius 3 is 2.62 bits per heavy atom. The molecule has 1 amide bonds. The number of carbonyl (C=O) groups is 2. The van der Waals surface area contributed by atoms with Gasteiger partial charge in [0, 0.05) is 23.6 Å². The molecular formula is C24H20N6O4. The molecule has 0 atom stereocenters. The zero-order valence-electron chi connectivity index (χ0n) is 18.2. The van der Waals surface area contributed by atoms with E-state index in [9.17, 15) is 14.4 Å². The Bertz CT molecular complexity index is 1580. The summed E-state index contributed by atoms with van der Waals surface area (Å²) in [5, 5.41) is 11.6. The number of hydrogen-bond donors (Lipinski definition) is 1. The molecule has 0 unspecified atom stereocenters. The Hall–Kier alpha value is -4.73. The fraction of sp³-hybridized carbons (Fsp3) is 0.125. The number of amides is 1. The third kappa shape index (κ3) is 3.92. The Morgan fingerprint density at radius 2 is 1.82 bits per heavy atom. The zero-order valence-corrected chi connectivity index (χ0v) is 18.2. The van der Waals surface area contributed by atoms with E-state index in [2.05, 4.69) is 15.5 Å². The van der Waals surface area contributed by atoms with Crippen molar-refractivity contribution in [2.45, 2.75) is 13.5 Å². The van der Waals surface area contributed by atoms with E-state index < -0.39 is 17.6 Å². The minimum atomic E-state index is -0.477. The zero-order chi connectivity index (χ0) is 23.7. The molecule has 5 rings (SSSR count). The van der Waals surface area contributed by atoms with Crippen LogP contribution in [0.4, 0.5) is 5.69 Å². The molecule has 2 aromatic carbocycles. The van der Waals surface area contributed by atoms with E-state index in [-0.39, 0.29) is 13.2 Å². The molecule has 10 nitrogen and oxygen atoms in total. The SMILES string of the molecule is CCOC(=O)c1cccc(NC(=O)Cn2nc3c4cc(-c5ccccc5)nn4ccn3c2=O)c1. The Labute approximate surface area is 193 Å². The number of nitrogens with one attached hydrogen (secondary N) is 1. The number of anilines is 1. The third-order valence-electron chi connectivity index (χ3n) is 5.21. The quantitative estimate of drug-likeness (QED) is 0.393. The summed E-state index contributed by atoms with van der Waals surface area (Å²) in [7, 11) is 0. The van der Waals surface area contributed by atoms with Crippen LogP contribution in [0.2, 0.25) is 0 Å². The summed E-state index contributed by atoms with van der Waals surface area (Å²) in [4.78, 5) is 37.4. The van der Waals surface area contributed by atoms with Crippen molar-refractivity contribution in [3.8, 4) is 11.3 Å². The lowest BCUT2D eigenvalue weighted by atomic mass is 10.1. The van der Waals surface area contributed by atoms with Gasteiger partial charge in [0.25, 0.3) is 0 Å². The molecule has 170 valence electrons. The van der Waals surface area contributed by atoms with Gasteiger partial charge in [-0.25, -0.2) is 23.2 Å². The Morgan fingerprint density at radius 1 is 1.00 bits per heavy atom. The van der Waals surface area contributed by atoms with Crippen LogP contribution in [0.1, 0.15) is 17.3 Å². The molecule has 10 heteroatoms. The van der Waals surface area contributed by atoms with E-state index >= 15 is 0 Å². The van der Waals surface area contributed by atoms with Crippen molar-refractivity contribution in [1.29, 1.82) is 0 Å². The van der Waals surface area contributed by atoms with Crippen LogP contribution in [-0.4, -0.2) is 42.3 Å². The van der Waals surface area contributed by atoms with Crippen molar-refractivity contribution >= 4 is 28.7 Å². The van der Waals surface area contributed by atoms with Crippen molar-refractivity contribution in [1.82, 2.24) is 23.8 Å². The summed E-state index contributed by atoms with van der Waals surface area (Å²) in [5.74, 6) is -0.934. The highest BCUT2D eigenvalue weighted by molar-refractivity contribution is 5.94. The van der Waals surface area contributed by atoms with Crippen molar-refractivity contribution < 1.29 is 14.3 Å². The minimum Gasteiger partial charge on any atom is -0.462 e. The summed E-state index contributed by atoms with van der Waals surface area (Å²) in [5.41, 5.74) is 3.00. The number of carbonyl (C=O) groups excluding carboxylic acids is 2. The van der Waals surface area contributed by atoms with Gasteiger partial charge in [0.2, 0.25) is 5.91 Å². The van der Waals surface area contributed by atoms with Gasteiger partial charge in [-0.3, -0.25) is 4.79 Å². The largest absolute Gasteiger partial charge is 0.462 e. The number of hydrogen-bond acceptors (Lipinski definition) is 6. The summed E-state index contributed by atoms with van der Waals surface area (Å²) in [6.45, 7) is 1.68. The molecule has 5 aromatic rings. The summed E-state index contributed by atoms with van der Waals surface area (Å²) >= 11 is 0. The van der Waals surface area contributed by atoms with E-state index in [0.29, 0.717) is 22.4 Å². The van der Waals surface area contributed by atoms with Gasteiger partial charge in [0.05, 0.1) is 17.9 Å². The average molecular weight is 456 g/mol. The van der Waals surface area contributed by atoms with Crippen LogP contribution in [0.3, 0.4) is 0 Å². The highest BCUT2D eigenvalue weighted by atomic mass is 16.5. The number of aromatic nitrogens is 5. The summed E-state index contributed by atoms with van der Waals surface area (Å²) in [6.07, 6.45) is 3.24. The number of benzene rings is 2. The lowest BCUT2D eigenvalue weighted by Crippen LogP contribution is -2.28.